The van der Waals surface area contributed by atoms with Gasteiger partial charge < -0.3 is 0 Å². The minimum absolute atomic E-state index is 0.158. The predicted octanol–water partition coefficient (Wildman–Crippen LogP) is 1.51. The van der Waals surface area contributed by atoms with Crippen molar-refractivity contribution in [2.75, 3.05) is 6.54 Å². The highest BCUT2D eigenvalue weighted by Gasteiger charge is 2.22. The Morgan fingerprint density at radius 3 is 2.18 bits per heavy atom. The molecule has 1 aliphatic carbocycles. The standard InChI is InChI=1S/C10H14N2O2.CHNO/c13-7-11-6-10(12-8-14)9-4-2-1-3-5-9;2-1-3/h9-10H,1-6H2;2H. The van der Waals surface area contributed by atoms with E-state index < -0.39 is 0 Å². The summed E-state index contributed by atoms with van der Waals surface area (Å²) in [4.78, 5) is 35.7. The van der Waals surface area contributed by atoms with Crippen LogP contribution in [0, 0.1) is 11.3 Å². The van der Waals surface area contributed by atoms with E-state index in [-0.39, 0.29) is 12.6 Å². The molecule has 0 aromatic carbocycles. The van der Waals surface area contributed by atoms with Crippen molar-refractivity contribution in [1.82, 2.24) is 0 Å². The van der Waals surface area contributed by atoms with Crippen LogP contribution in [0.25, 0.3) is 0 Å². The van der Waals surface area contributed by atoms with Crippen LogP contribution in [0.4, 0.5) is 0 Å². The topological polar surface area (TPSA) is 99.8 Å². The summed E-state index contributed by atoms with van der Waals surface area (Å²) in [5, 5.41) is 5.40. The Labute approximate surface area is 99.3 Å². The van der Waals surface area contributed by atoms with Crippen molar-refractivity contribution in [3.63, 3.8) is 0 Å². The highest BCUT2D eigenvalue weighted by Crippen LogP contribution is 2.27. The molecule has 0 saturated heterocycles. The van der Waals surface area contributed by atoms with Crippen LogP contribution in [0.2, 0.25) is 0 Å². The molecule has 1 unspecified atom stereocenters. The highest BCUT2D eigenvalue weighted by atomic mass is 16.1. The molecule has 1 saturated carbocycles. The van der Waals surface area contributed by atoms with Gasteiger partial charge in [0.15, 0.2) is 0 Å². The monoisotopic (exact) mass is 237 g/mol. The molecule has 1 rings (SSSR count). The highest BCUT2D eigenvalue weighted by molar-refractivity contribution is 5.35. The average molecular weight is 237 g/mol. The fraction of sp³-hybridized carbons (Fsp3) is 0.727. The van der Waals surface area contributed by atoms with Crippen LogP contribution >= 0.6 is 0 Å². The normalized spacial score (nSPS) is 16.2. The third kappa shape index (κ3) is 7.09. The van der Waals surface area contributed by atoms with Gasteiger partial charge in [0.05, 0.1) is 12.6 Å². The summed E-state index contributed by atoms with van der Waals surface area (Å²) in [6, 6.07) is -0.158. The first-order valence-corrected chi connectivity index (χ1v) is 5.44. The Morgan fingerprint density at radius 2 is 1.71 bits per heavy atom. The molecule has 0 heterocycles. The number of carbonyl (C=O) groups excluding carboxylic acids is 3. The molecule has 0 amide bonds. The van der Waals surface area contributed by atoms with Gasteiger partial charge in [-0.15, -0.1) is 0 Å². The second-order valence-corrected chi connectivity index (χ2v) is 3.72. The van der Waals surface area contributed by atoms with Crippen LogP contribution in [0.3, 0.4) is 0 Å². The molecule has 17 heavy (non-hydrogen) atoms. The number of hydrogen-bond donors (Lipinski definition) is 1. The molecular formula is C11H15N3O3. The lowest BCUT2D eigenvalue weighted by molar-refractivity contribution is 0.309. The number of nitrogens with zero attached hydrogens (tertiary/aromatic N) is 2. The molecule has 0 aliphatic heterocycles. The van der Waals surface area contributed by atoms with Gasteiger partial charge in [0.2, 0.25) is 18.2 Å². The molecule has 0 bridgehead atoms. The molecule has 0 radical (unpaired) electrons. The lowest BCUT2D eigenvalue weighted by Crippen LogP contribution is -2.24. The molecule has 0 aromatic heterocycles. The van der Waals surface area contributed by atoms with E-state index in [2.05, 4.69) is 9.98 Å². The zero-order chi connectivity index (χ0) is 12.9. The number of isocyanates is 3. The number of hydrogen-bond acceptors (Lipinski definition) is 6. The number of aliphatic imine (C=N–C) groups is 2. The van der Waals surface area contributed by atoms with Gasteiger partial charge in [-0.3, -0.25) is 0 Å². The summed E-state index contributed by atoms with van der Waals surface area (Å²) in [6.07, 6.45) is 9.55. The summed E-state index contributed by atoms with van der Waals surface area (Å²) < 4.78 is 0. The molecule has 0 spiro atoms. The van der Waals surface area contributed by atoms with E-state index in [1.54, 1.807) is 6.08 Å². The Bertz CT molecular complexity index is 332. The van der Waals surface area contributed by atoms with Crippen molar-refractivity contribution < 1.29 is 14.4 Å². The fourth-order valence-electron chi connectivity index (χ4n) is 2.01. The van der Waals surface area contributed by atoms with Crippen LogP contribution in [0.5, 0.6) is 0 Å². The van der Waals surface area contributed by atoms with Crippen LogP contribution in [-0.2, 0) is 14.4 Å². The van der Waals surface area contributed by atoms with Gasteiger partial charge in [-0.05, 0) is 18.8 Å². The quantitative estimate of drug-likeness (QED) is 0.592. The van der Waals surface area contributed by atoms with Crippen molar-refractivity contribution in [1.29, 1.82) is 5.41 Å². The van der Waals surface area contributed by atoms with E-state index in [1.165, 1.54) is 25.3 Å². The maximum absolute atomic E-state index is 10.2. The second-order valence-electron chi connectivity index (χ2n) is 3.72. The van der Waals surface area contributed by atoms with Crippen molar-refractivity contribution in [3.8, 4) is 0 Å². The van der Waals surface area contributed by atoms with Gasteiger partial charge in [-0.25, -0.2) is 29.8 Å². The Hall–Kier alpha value is -1.86. The molecule has 6 heteroatoms. The molecular weight excluding hydrogens is 222 g/mol. The van der Waals surface area contributed by atoms with E-state index >= 15 is 0 Å². The van der Waals surface area contributed by atoms with Crippen molar-refractivity contribution in [2.45, 2.75) is 38.1 Å². The zero-order valence-electron chi connectivity index (χ0n) is 9.52. The van der Waals surface area contributed by atoms with Gasteiger partial charge in [-0.2, -0.15) is 0 Å². The van der Waals surface area contributed by atoms with E-state index in [0.717, 1.165) is 18.9 Å². The van der Waals surface area contributed by atoms with Crippen molar-refractivity contribution in [2.24, 2.45) is 15.9 Å². The molecule has 6 nitrogen and oxygen atoms in total. The zero-order valence-corrected chi connectivity index (χ0v) is 9.52. The van der Waals surface area contributed by atoms with E-state index in [4.69, 9.17) is 10.2 Å². The molecule has 1 fully saturated rings. The van der Waals surface area contributed by atoms with E-state index in [1.807, 2.05) is 0 Å². The Balaban J connectivity index is 0.000000770. The summed E-state index contributed by atoms with van der Waals surface area (Å²) in [5.41, 5.74) is 0. The van der Waals surface area contributed by atoms with Gasteiger partial charge in [0.25, 0.3) is 0 Å². The predicted molar refractivity (Wildman–Crippen MR) is 59.9 cm³/mol. The van der Waals surface area contributed by atoms with E-state index in [0.29, 0.717) is 5.92 Å². The largest absolute Gasteiger partial charge is 0.235 e. The summed E-state index contributed by atoms with van der Waals surface area (Å²) in [5.74, 6) is 0.391. The third-order valence-electron chi connectivity index (χ3n) is 2.76. The smallest absolute Gasteiger partial charge is 0.222 e. The van der Waals surface area contributed by atoms with Gasteiger partial charge in [0, 0.05) is 0 Å². The molecule has 0 aromatic rings. The third-order valence-corrected chi connectivity index (χ3v) is 2.76. The molecule has 92 valence electrons. The van der Waals surface area contributed by atoms with Crippen LogP contribution < -0.4 is 0 Å². The van der Waals surface area contributed by atoms with Crippen LogP contribution in [0.1, 0.15) is 32.1 Å². The minimum atomic E-state index is -0.158. The minimum Gasteiger partial charge on any atom is -0.222 e. The molecule has 1 aliphatic rings. The Morgan fingerprint density at radius 1 is 1.12 bits per heavy atom. The van der Waals surface area contributed by atoms with Crippen molar-refractivity contribution in [3.05, 3.63) is 0 Å². The lowest BCUT2D eigenvalue weighted by atomic mass is 9.84. The summed E-state index contributed by atoms with van der Waals surface area (Å²) in [7, 11) is 0. The first-order chi connectivity index (χ1) is 8.29. The van der Waals surface area contributed by atoms with Crippen molar-refractivity contribution >= 4 is 18.2 Å². The van der Waals surface area contributed by atoms with Gasteiger partial charge >= 0.3 is 0 Å². The second kappa shape index (κ2) is 10.7. The SMILES string of the molecule is N=C=O.O=C=NCC(N=C=O)C1CCCCC1. The average Bonchev–Trinajstić information content (AvgIpc) is 2.36. The molecule has 1 atom stereocenters. The maximum atomic E-state index is 10.2. The Kier molecular flexibility index (Phi) is 9.49. The van der Waals surface area contributed by atoms with Crippen LogP contribution in [0.15, 0.2) is 9.98 Å². The van der Waals surface area contributed by atoms with E-state index in [9.17, 15) is 9.59 Å². The summed E-state index contributed by atoms with van der Waals surface area (Å²) >= 11 is 0. The lowest BCUT2D eigenvalue weighted by Gasteiger charge is -2.25. The maximum Gasteiger partial charge on any atom is 0.235 e. The number of rotatable bonds is 4. The van der Waals surface area contributed by atoms with Gasteiger partial charge in [-0.1, -0.05) is 19.3 Å². The summed E-state index contributed by atoms with van der Waals surface area (Å²) in [6.45, 7) is 0.281. The first-order valence-electron chi connectivity index (χ1n) is 5.44. The molecule has 1 N–H and O–H groups in total. The number of nitrogens with one attached hydrogen (secondary N) is 1. The van der Waals surface area contributed by atoms with Crippen LogP contribution in [-0.4, -0.2) is 30.8 Å². The fourth-order valence-corrected chi connectivity index (χ4v) is 2.01. The van der Waals surface area contributed by atoms with Gasteiger partial charge in [0.1, 0.15) is 0 Å². The first kappa shape index (κ1) is 15.1.